The minimum atomic E-state index is -0.981. The van der Waals surface area contributed by atoms with Crippen LogP contribution in [0.5, 0.6) is 11.5 Å². The predicted molar refractivity (Wildman–Crippen MR) is 124 cm³/mol. The number of carbonyl (C=O) groups excluding carboxylic acids is 3. The van der Waals surface area contributed by atoms with E-state index in [1.54, 1.807) is 39.0 Å². The fraction of sp³-hybridized carbons (Fsp3) is 0.640. The molecule has 1 fully saturated rings. The quantitative estimate of drug-likeness (QED) is 0.168. The fourth-order valence-electron chi connectivity index (χ4n) is 3.78. The van der Waals surface area contributed by atoms with Crippen molar-refractivity contribution in [2.45, 2.75) is 52.9 Å². The van der Waals surface area contributed by atoms with Crippen molar-refractivity contribution in [1.29, 1.82) is 0 Å². The van der Waals surface area contributed by atoms with Gasteiger partial charge in [-0.3, -0.25) is 19.3 Å². The molecular weight excluding hydrogens is 426 g/mol. The second-order valence-electron chi connectivity index (χ2n) is 7.85. The normalized spacial score (nSPS) is 13.7. The predicted octanol–water partition coefficient (Wildman–Crippen LogP) is 3.66. The summed E-state index contributed by atoms with van der Waals surface area (Å²) >= 11 is 0. The molecule has 1 aliphatic rings. The summed E-state index contributed by atoms with van der Waals surface area (Å²) in [4.78, 5) is 39.2. The van der Waals surface area contributed by atoms with Crippen molar-refractivity contribution in [3.05, 3.63) is 23.8 Å². The number of rotatable bonds is 15. The average molecular weight is 464 g/mol. The third-order valence-corrected chi connectivity index (χ3v) is 5.49. The molecule has 1 aliphatic heterocycles. The Labute approximate surface area is 196 Å². The third-order valence-electron chi connectivity index (χ3n) is 5.49. The lowest BCUT2D eigenvalue weighted by molar-refractivity contribution is -0.162. The van der Waals surface area contributed by atoms with Crippen LogP contribution in [0.15, 0.2) is 18.2 Å². The molecule has 0 bridgehead atoms. The van der Waals surface area contributed by atoms with Gasteiger partial charge in [0.25, 0.3) is 0 Å². The lowest BCUT2D eigenvalue weighted by Gasteiger charge is -2.18. The topological polar surface area (TPSA) is 91.4 Å². The van der Waals surface area contributed by atoms with E-state index in [0.29, 0.717) is 36.5 Å². The van der Waals surface area contributed by atoms with Crippen molar-refractivity contribution in [1.82, 2.24) is 4.90 Å². The molecule has 0 spiro atoms. The zero-order valence-corrected chi connectivity index (χ0v) is 20.1. The van der Waals surface area contributed by atoms with Gasteiger partial charge in [0, 0.05) is 13.0 Å². The monoisotopic (exact) mass is 463 g/mol. The fourth-order valence-corrected chi connectivity index (χ4v) is 3.78. The highest BCUT2D eigenvalue weighted by Crippen LogP contribution is 2.30. The highest BCUT2D eigenvalue weighted by atomic mass is 16.6. The van der Waals surface area contributed by atoms with E-state index in [9.17, 15) is 14.4 Å². The number of hydrogen-bond donors (Lipinski definition) is 0. The van der Waals surface area contributed by atoms with E-state index in [0.717, 1.165) is 19.6 Å². The summed E-state index contributed by atoms with van der Waals surface area (Å²) in [5.41, 5.74) is 0.439. The summed E-state index contributed by atoms with van der Waals surface area (Å²) in [6.45, 7) is 9.31. The van der Waals surface area contributed by atoms with E-state index in [-0.39, 0.29) is 32.0 Å². The number of benzene rings is 1. The van der Waals surface area contributed by atoms with Gasteiger partial charge in [0.1, 0.15) is 23.7 Å². The van der Waals surface area contributed by atoms with Crippen molar-refractivity contribution in [3.8, 4) is 11.5 Å². The first kappa shape index (κ1) is 26.6. The van der Waals surface area contributed by atoms with Crippen molar-refractivity contribution >= 4 is 17.7 Å². The van der Waals surface area contributed by atoms with Crippen molar-refractivity contribution < 1.29 is 33.3 Å². The number of ether oxygens (including phenoxy) is 4. The van der Waals surface area contributed by atoms with Gasteiger partial charge in [-0.25, -0.2) is 0 Å². The summed E-state index contributed by atoms with van der Waals surface area (Å²) in [7, 11) is 0. The van der Waals surface area contributed by atoms with Crippen molar-refractivity contribution in [2.24, 2.45) is 5.92 Å². The molecule has 1 saturated heterocycles. The molecule has 1 heterocycles. The summed E-state index contributed by atoms with van der Waals surface area (Å²) in [6, 6.07) is 5.33. The first-order valence-corrected chi connectivity index (χ1v) is 12.0. The largest absolute Gasteiger partial charge is 0.493 e. The third kappa shape index (κ3) is 8.35. The van der Waals surface area contributed by atoms with E-state index in [2.05, 4.69) is 4.90 Å². The van der Waals surface area contributed by atoms with Crippen LogP contribution in [0.2, 0.25) is 0 Å². The maximum atomic E-state index is 12.6. The standard InChI is InChI=1S/C25H37NO7/c1-4-20(27)23-21(12-9-13-22(23)33-18-16-26-14-7-8-15-26)32-17-10-11-19(24(28)30-5-2)25(29)31-6-3/h9,12-13,19H,4-8,10-11,14-18H2,1-3H3. The summed E-state index contributed by atoms with van der Waals surface area (Å²) in [5, 5.41) is 0. The Morgan fingerprint density at radius 2 is 1.48 bits per heavy atom. The summed E-state index contributed by atoms with van der Waals surface area (Å²) < 4.78 is 21.8. The number of carbonyl (C=O) groups is 3. The molecule has 0 aliphatic carbocycles. The summed E-state index contributed by atoms with van der Waals surface area (Å²) in [6.07, 6.45) is 3.42. The Hall–Kier alpha value is -2.61. The second-order valence-corrected chi connectivity index (χ2v) is 7.85. The molecule has 33 heavy (non-hydrogen) atoms. The van der Waals surface area contributed by atoms with Gasteiger partial charge in [-0.1, -0.05) is 13.0 Å². The molecule has 2 rings (SSSR count). The molecule has 184 valence electrons. The van der Waals surface area contributed by atoms with Crippen molar-refractivity contribution in [2.75, 3.05) is 46.1 Å². The van der Waals surface area contributed by atoms with Crippen LogP contribution in [0.25, 0.3) is 0 Å². The lowest BCUT2D eigenvalue weighted by Crippen LogP contribution is -2.28. The molecule has 0 atom stereocenters. The molecule has 1 aromatic carbocycles. The Balaban J connectivity index is 1.98. The molecule has 0 unspecified atom stereocenters. The first-order chi connectivity index (χ1) is 16.0. The zero-order valence-electron chi connectivity index (χ0n) is 20.1. The number of hydrogen-bond acceptors (Lipinski definition) is 8. The maximum absolute atomic E-state index is 12.6. The first-order valence-electron chi connectivity index (χ1n) is 12.0. The van der Waals surface area contributed by atoms with E-state index >= 15 is 0 Å². The van der Waals surface area contributed by atoms with Crippen LogP contribution in [0.4, 0.5) is 0 Å². The van der Waals surface area contributed by atoms with E-state index < -0.39 is 17.9 Å². The number of Topliss-reactive ketones (excluding diaryl/α,β-unsaturated/α-hetero) is 1. The van der Waals surface area contributed by atoms with Crippen LogP contribution < -0.4 is 9.47 Å². The smallest absolute Gasteiger partial charge is 0.320 e. The Morgan fingerprint density at radius 1 is 0.909 bits per heavy atom. The van der Waals surface area contributed by atoms with Gasteiger partial charge in [0.15, 0.2) is 11.7 Å². The number of ketones is 1. The van der Waals surface area contributed by atoms with Crippen molar-refractivity contribution in [3.63, 3.8) is 0 Å². The van der Waals surface area contributed by atoms with E-state index in [1.807, 2.05) is 0 Å². The highest BCUT2D eigenvalue weighted by Gasteiger charge is 2.29. The molecule has 1 aromatic rings. The average Bonchev–Trinajstić information content (AvgIpc) is 3.32. The Bertz CT molecular complexity index is 756. The van der Waals surface area contributed by atoms with Crippen LogP contribution in [-0.4, -0.2) is 68.7 Å². The van der Waals surface area contributed by atoms with Gasteiger partial charge in [0.05, 0.1) is 19.8 Å². The highest BCUT2D eigenvalue weighted by molar-refractivity contribution is 6.01. The lowest BCUT2D eigenvalue weighted by atomic mass is 10.0. The minimum absolute atomic E-state index is 0.0577. The Kier molecular flexibility index (Phi) is 11.7. The second kappa shape index (κ2) is 14.5. The van der Waals surface area contributed by atoms with E-state index in [4.69, 9.17) is 18.9 Å². The number of likely N-dealkylation sites (tertiary alicyclic amines) is 1. The van der Waals surface area contributed by atoms with Crippen LogP contribution in [0.3, 0.4) is 0 Å². The SMILES string of the molecule is CCOC(=O)C(CCCOc1cccc(OCCN2CCCC2)c1C(=O)CC)C(=O)OCC. The maximum Gasteiger partial charge on any atom is 0.320 e. The van der Waals surface area contributed by atoms with Gasteiger partial charge >= 0.3 is 11.9 Å². The molecule has 0 N–H and O–H groups in total. The molecule has 8 nitrogen and oxygen atoms in total. The molecule has 0 aromatic heterocycles. The number of esters is 2. The zero-order chi connectivity index (χ0) is 24.1. The summed E-state index contributed by atoms with van der Waals surface area (Å²) in [5.74, 6) is -1.25. The molecular formula is C25H37NO7. The Morgan fingerprint density at radius 3 is 2.03 bits per heavy atom. The van der Waals surface area contributed by atoms with Crippen LogP contribution in [0, 0.1) is 5.92 Å². The molecule has 8 heteroatoms. The number of nitrogens with zero attached hydrogens (tertiary/aromatic N) is 1. The van der Waals surface area contributed by atoms with Crippen LogP contribution >= 0.6 is 0 Å². The van der Waals surface area contributed by atoms with Gasteiger partial charge in [-0.05, 0) is 64.8 Å². The van der Waals surface area contributed by atoms with Gasteiger partial charge in [-0.15, -0.1) is 0 Å². The van der Waals surface area contributed by atoms with E-state index in [1.165, 1.54) is 12.8 Å². The molecule has 0 saturated carbocycles. The van der Waals surface area contributed by atoms with Gasteiger partial charge in [-0.2, -0.15) is 0 Å². The van der Waals surface area contributed by atoms with Crippen LogP contribution in [0.1, 0.15) is 63.2 Å². The van der Waals surface area contributed by atoms with Gasteiger partial charge < -0.3 is 18.9 Å². The minimum Gasteiger partial charge on any atom is -0.493 e. The van der Waals surface area contributed by atoms with Crippen LogP contribution in [-0.2, 0) is 19.1 Å². The molecule has 0 radical (unpaired) electrons. The van der Waals surface area contributed by atoms with Gasteiger partial charge in [0.2, 0.25) is 0 Å². The molecule has 0 amide bonds.